The highest BCUT2D eigenvalue weighted by Gasteiger charge is 2.39. The molecule has 7 aromatic carbocycles. The number of aryl methyl sites for hydroxylation is 6. The molecule has 1 nitrogen and oxygen atoms in total. The smallest absolute Gasteiger partial charge is 0.247 e. The van der Waals surface area contributed by atoms with Crippen LogP contribution in [0.4, 0.5) is 17.1 Å². The summed E-state index contributed by atoms with van der Waals surface area (Å²) in [6.07, 6.45) is 0. The second kappa shape index (κ2) is 8.97. The first-order valence-corrected chi connectivity index (χ1v) is 15.1. The van der Waals surface area contributed by atoms with Crippen LogP contribution in [-0.4, -0.2) is 6.71 Å². The van der Waals surface area contributed by atoms with Gasteiger partial charge in [-0.1, -0.05) is 119 Å². The quantitative estimate of drug-likeness (QED) is 0.157. The molecule has 1 aliphatic heterocycles. The van der Waals surface area contributed by atoms with Gasteiger partial charge in [0.1, 0.15) is 0 Å². The van der Waals surface area contributed by atoms with E-state index in [-0.39, 0.29) is 6.71 Å². The number of para-hydroxylation sites is 1. The van der Waals surface area contributed by atoms with Crippen molar-refractivity contribution in [2.45, 2.75) is 41.5 Å². The minimum atomic E-state index is 0.140. The first-order chi connectivity index (χ1) is 20.3. The molecule has 0 N–H and O–H groups in total. The molecule has 8 rings (SSSR count). The van der Waals surface area contributed by atoms with Crippen molar-refractivity contribution >= 4 is 72.5 Å². The van der Waals surface area contributed by atoms with Crippen LogP contribution < -0.4 is 21.3 Å². The third-order valence-corrected chi connectivity index (χ3v) is 9.56. The monoisotopic (exact) mass is 539 g/mol. The Kier molecular flexibility index (Phi) is 5.38. The van der Waals surface area contributed by atoms with E-state index in [1.807, 2.05) is 0 Å². The largest absolute Gasteiger partial charge is 0.310 e. The van der Waals surface area contributed by atoms with Gasteiger partial charge in [-0.3, -0.25) is 0 Å². The summed E-state index contributed by atoms with van der Waals surface area (Å²) in [4.78, 5) is 2.59. The highest BCUT2D eigenvalue weighted by atomic mass is 15.2. The predicted molar refractivity (Wildman–Crippen MR) is 184 cm³/mol. The minimum absolute atomic E-state index is 0.140. The van der Waals surface area contributed by atoms with E-state index >= 15 is 0 Å². The molecule has 0 aliphatic carbocycles. The van der Waals surface area contributed by atoms with Crippen molar-refractivity contribution in [2.24, 2.45) is 0 Å². The molecule has 0 radical (unpaired) electrons. The predicted octanol–water partition coefficient (Wildman–Crippen LogP) is 8.73. The van der Waals surface area contributed by atoms with Crippen molar-refractivity contribution in [3.63, 3.8) is 0 Å². The van der Waals surface area contributed by atoms with E-state index in [1.165, 1.54) is 99.1 Å². The van der Waals surface area contributed by atoms with E-state index in [1.54, 1.807) is 0 Å². The Morgan fingerprint density at radius 1 is 0.476 bits per heavy atom. The number of hydrogen-bond acceptors (Lipinski definition) is 1. The zero-order valence-electron chi connectivity index (χ0n) is 25.3. The van der Waals surface area contributed by atoms with Crippen LogP contribution >= 0.6 is 0 Å². The number of hydrogen-bond donors (Lipinski definition) is 0. The summed E-state index contributed by atoms with van der Waals surface area (Å²) < 4.78 is 0. The van der Waals surface area contributed by atoms with Crippen LogP contribution in [0.2, 0.25) is 0 Å². The molecule has 0 saturated heterocycles. The Balaban J connectivity index is 1.59. The summed E-state index contributed by atoms with van der Waals surface area (Å²) in [5, 5.41) is 7.98. The standard InChI is InChI=1S/C40H34BN/c1-23-18-25(3)38(26(4)19-23)41-33-12-7-8-13-35(33)42(39-27(5)20-24(2)21-28(39)6)40-32-17-16-30-11-9-10-29-14-15-31(22-34(40)41)37(32)36(29)30/h7-22H,1-6H3. The maximum Gasteiger partial charge on any atom is 0.247 e. The van der Waals surface area contributed by atoms with Crippen molar-refractivity contribution in [3.05, 3.63) is 130 Å². The van der Waals surface area contributed by atoms with E-state index in [9.17, 15) is 0 Å². The average Bonchev–Trinajstić information content (AvgIpc) is 2.95. The Morgan fingerprint density at radius 2 is 1.07 bits per heavy atom. The zero-order valence-corrected chi connectivity index (χ0v) is 25.3. The molecule has 0 bridgehead atoms. The average molecular weight is 540 g/mol. The van der Waals surface area contributed by atoms with Crippen molar-refractivity contribution in [3.8, 4) is 0 Å². The lowest BCUT2D eigenvalue weighted by Gasteiger charge is -2.40. The second-order valence-corrected chi connectivity index (χ2v) is 12.6. The van der Waals surface area contributed by atoms with Crippen LogP contribution in [-0.2, 0) is 0 Å². The van der Waals surface area contributed by atoms with Gasteiger partial charge < -0.3 is 4.90 Å². The fourth-order valence-corrected chi connectivity index (χ4v) is 8.23. The molecule has 42 heavy (non-hydrogen) atoms. The molecule has 0 atom stereocenters. The van der Waals surface area contributed by atoms with Crippen LogP contribution in [0.5, 0.6) is 0 Å². The van der Waals surface area contributed by atoms with E-state index < -0.39 is 0 Å². The van der Waals surface area contributed by atoms with Gasteiger partial charge in [0.25, 0.3) is 0 Å². The first kappa shape index (κ1) is 25.2. The van der Waals surface area contributed by atoms with Gasteiger partial charge in [0.2, 0.25) is 6.71 Å². The Hall–Kier alpha value is -4.56. The Bertz CT molecular complexity index is 2160. The molecule has 0 saturated carbocycles. The van der Waals surface area contributed by atoms with Crippen molar-refractivity contribution < 1.29 is 0 Å². The van der Waals surface area contributed by atoms with E-state index in [2.05, 4.69) is 144 Å². The normalized spacial score (nSPS) is 12.9. The number of rotatable bonds is 2. The van der Waals surface area contributed by atoms with Crippen LogP contribution in [0.1, 0.15) is 33.4 Å². The maximum atomic E-state index is 2.59. The molecular formula is C40H34BN. The van der Waals surface area contributed by atoms with E-state index in [4.69, 9.17) is 0 Å². The number of nitrogens with zero attached hydrogens (tertiary/aromatic N) is 1. The third-order valence-electron chi connectivity index (χ3n) is 9.56. The molecule has 0 fully saturated rings. The van der Waals surface area contributed by atoms with Crippen LogP contribution in [0.15, 0.2) is 97.1 Å². The van der Waals surface area contributed by atoms with Gasteiger partial charge >= 0.3 is 0 Å². The minimum Gasteiger partial charge on any atom is -0.310 e. The van der Waals surface area contributed by atoms with Gasteiger partial charge in [-0.2, -0.15) is 0 Å². The second-order valence-electron chi connectivity index (χ2n) is 12.6. The molecule has 0 unspecified atom stereocenters. The lowest BCUT2D eigenvalue weighted by atomic mass is 9.33. The first-order valence-electron chi connectivity index (χ1n) is 15.1. The van der Waals surface area contributed by atoms with Gasteiger partial charge in [0, 0.05) is 16.8 Å². The fraction of sp³-hybridized carbons (Fsp3) is 0.150. The molecule has 1 aliphatic rings. The van der Waals surface area contributed by atoms with Crippen molar-refractivity contribution in [2.75, 3.05) is 4.90 Å². The molecule has 0 spiro atoms. The number of benzene rings is 7. The molecule has 0 aromatic heterocycles. The molecule has 2 heteroatoms. The Morgan fingerprint density at radius 3 is 1.76 bits per heavy atom. The van der Waals surface area contributed by atoms with Crippen molar-refractivity contribution in [1.82, 2.24) is 0 Å². The van der Waals surface area contributed by atoms with Crippen LogP contribution in [0.25, 0.3) is 32.3 Å². The summed E-state index contributed by atoms with van der Waals surface area (Å²) >= 11 is 0. The van der Waals surface area contributed by atoms with E-state index in [0.717, 1.165) is 0 Å². The highest BCUT2D eigenvalue weighted by Crippen LogP contribution is 2.46. The van der Waals surface area contributed by atoms with Gasteiger partial charge in [-0.15, -0.1) is 0 Å². The lowest BCUT2D eigenvalue weighted by Crippen LogP contribution is -2.58. The zero-order chi connectivity index (χ0) is 28.9. The molecular weight excluding hydrogens is 505 g/mol. The lowest BCUT2D eigenvalue weighted by molar-refractivity contribution is 1.21. The summed E-state index contributed by atoms with van der Waals surface area (Å²) in [6.45, 7) is 13.7. The van der Waals surface area contributed by atoms with Crippen LogP contribution in [0.3, 0.4) is 0 Å². The molecule has 202 valence electrons. The maximum absolute atomic E-state index is 2.59. The third kappa shape index (κ3) is 3.45. The van der Waals surface area contributed by atoms with Crippen molar-refractivity contribution in [1.29, 1.82) is 0 Å². The molecule has 7 aromatic rings. The summed E-state index contributed by atoms with van der Waals surface area (Å²) in [5.41, 5.74) is 16.0. The van der Waals surface area contributed by atoms with Crippen LogP contribution in [0, 0.1) is 41.5 Å². The van der Waals surface area contributed by atoms with E-state index in [0.29, 0.717) is 0 Å². The SMILES string of the molecule is Cc1cc(C)c(B2c3ccccc3N(c3c(C)cc(C)cc3C)c3c2cc2ccc4cccc5ccc3c2c45)c(C)c1. The number of fused-ring (bicyclic) bond motifs is 3. The fourth-order valence-electron chi connectivity index (χ4n) is 8.23. The summed E-state index contributed by atoms with van der Waals surface area (Å²) in [7, 11) is 0. The topological polar surface area (TPSA) is 3.24 Å². The molecule has 0 amide bonds. The van der Waals surface area contributed by atoms with Gasteiger partial charge in [0.15, 0.2) is 0 Å². The van der Waals surface area contributed by atoms with Gasteiger partial charge in [-0.05, 0) is 96.6 Å². The molecule has 1 heterocycles. The Labute approximate surface area is 248 Å². The summed E-state index contributed by atoms with van der Waals surface area (Å²) in [6, 6.07) is 37.0. The van der Waals surface area contributed by atoms with Gasteiger partial charge in [0.05, 0.1) is 5.69 Å². The van der Waals surface area contributed by atoms with Gasteiger partial charge in [-0.25, -0.2) is 0 Å². The number of anilines is 3. The highest BCUT2D eigenvalue weighted by molar-refractivity contribution is 6.98. The summed E-state index contributed by atoms with van der Waals surface area (Å²) in [5.74, 6) is 0.